The fraction of sp³-hybridized carbons (Fsp3) is 0.500. The number of benzene rings is 1. The van der Waals surface area contributed by atoms with Gasteiger partial charge in [-0.15, -0.1) is 0 Å². The number of morpholine rings is 1. The average Bonchev–Trinajstić information content (AvgIpc) is 2.47. The number of rotatable bonds is 1. The smallest absolute Gasteiger partial charge is 0.142 e. The fourth-order valence-electron chi connectivity index (χ4n) is 2.81. The Kier molecular flexibility index (Phi) is 3.90. The lowest BCUT2D eigenvalue weighted by Crippen LogP contribution is -2.57. The Hall–Kier alpha value is -1.19. The van der Waals surface area contributed by atoms with E-state index in [1.807, 2.05) is 6.07 Å². The highest BCUT2D eigenvalue weighted by molar-refractivity contribution is 6.32. The van der Waals surface area contributed by atoms with Crippen LogP contribution in [0.15, 0.2) is 12.1 Å². The topological polar surface area (TPSA) is 48.3 Å². The van der Waals surface area contributed by atoms with Crippen LogP contribution >= 0.6 is 11.6 Å². The van der Waals surface area contributed by atoms with Crippen LogP contribution in [-0.2, 0) is 4.74 Å². The van der Waals surface area contributed by atoms with E-state index in [0.29, 0.717) is 18.2 Å². The monoisotopic (exact) mass is 295 g/mol. The molecule has 0 radical (unpaired) electrons. The predicted molar refractivity (Wildman–Crippen MR) is 73.0 cm³/mol. The first-order chi connectivity index (χ1) is 9.70. The molecule has 0 unspecified atom stereocenters. The van der Waals surface area contributed by atoms with Crippen LogP contribution < -0.4 is 5.32 Å². The van der Waals surface area contributed by atoms with Crippen molar-refractivity contribution in [1.82, 2.24) is 10.2 Å². The Morgan fingerprint density at radius 1 is 1.50 bits per heavy atom. The van der Waals surface area contributed by atoms with Crippen molar-refractivity contribution in [2.45, 2.75) is 12.1 Å². The molecule has 2 saturated heterocycles. The van der Waals surface area contributed by atoms with Crippen LogP contribution in [0.5, 0.6) is 0 Å². The molecule has 0 amide bonds. The third-order valence-electron chi connectivity index (χ3n) is 3.94. The highest BCUT2D eigenvalue weighted by Crippen LogP contribution is 2.33. The number of hydrogen-bond acceptors (Lipinski definition) is 4. The van der Waals surface area contributed by atoms with Gasteiger partial charge in [-0.1, -0.05) is 17.7 Å². The van der Waals surface area contributed by atoms with Crippen molar-refractivity contribution >= 4 is 11.6 Å². The number of nitriles is 1. The second kappa shape index (κ2) is 5.66. The molecule has 1 N–H and O–H groups in total. The molecule has 4 nitrogen and oxygen atoms in total. The maximum Gasteiger partial charge on any atom is 0.142 e. The highest BCUT2D eigenvalue weighted by Gasteiger charge is 2.32. The first-order valence-electron chi connectivity index (χ1n) is 6.65. The maximum absolute atomic E-state index is 13.5. The standard InChI is InChI=1S/C14H15ClFN3O/c15-14-10(1-2-12(16)11(14)5-17)13-7-19-4-3-18-6-9(19)8-20-13/h1-2,9,13,18H,3-4,6-8H2/t9-,13+/m1/s1. The molecule has 6 heteroatoms. The Morgan fingerprint density at radius 3 is 3.15 bits per heavy atom. The largest absolute Gasteiger partial charge is 0.370 e. The minimum Gasteiger partial charge on any atom is -0.370 e. The van der Waals surface area contributed by atoms with Crippen LogP contribution in [-0.4, -0.2) is 43.7 Å². The summed E-state index contributed by atoms with van der Waals surface area (Å²) >= 11 is 6.15. The molecule has 0 bridgehead atoms. The number of ether oxygens (including phenoxy) is 1. The van der Waals surface area contributed by atoms with E-state index in [9.17, 15) is 4.39 Å². The van der Waals surface area contributed by atoms with Gasteiger partial charge in [-0.05, 0) is 6.07 Å². The van der Waals surface area contributed by atoms with E-state index >= 15 is 0 Å². The normalized spacial score (nSPS) is 26.9. The minimum atomic E-state index is -0.586. The van der Waals surface area contributed by atoms with Crippen LogP contribution in [0.2, 0.25) is 5.02 Å². The first-order valence-corrected chi connectivity index (χ1v) is 7.03. The number of halogens is 2. The summed E-state index contributed by atoms with van der Waals surface area (Å²) in [7, 11) is 0. The molecule has 1 aromatic rings. The van der Waals surface area contributed by atoms with Gasteiger partial charge < -0.3 is 10.1 Å². The maximum atomic E-state index is 13.5. The molecule has 2 aliphatic rings. The molecule has 106 valence electrons. The summed E-state index contributed by atoms with van der Waals surface area (Å²) in [5, 5.41) is 12.5. The third-order valence-corrected chi connectivity index (χ3v) is 4.35. The van der Waals surface area contributed by atoms with E-state index in [2.05, 4.69) is 10.2 Å². The van der Waals surface area contributed by atoms with Gasteiger partial charge in [0.2, 0.25) is 0 Å². The minimum absolute atomic E-state index is 0.102. The highest BCUT2D eigenvalue weighted by atomic mass is 35.5. The Bertz CT molecular complexity index is 560. The number of piperazine rings is 1. The van der Waals surface area contributed by atoms with Crippen LogP contribution in [0.1, 0.15) is 17.2 Å². The number of hydrogen-bond donors (Lipinski definition) is 1. The quantitative estimate of drug-likeness (QED) is 0.857. The second-order valence-electron chi connectivity index (χ2n) is 5.11. The van der Waals surface area contributed by atoms with E-state index in [1.165, 1.54) is 6.07 Å². The van der Waals surface area contributed by atoms with E-state index in [-0.39, 0.29) is 16.7 Å². The van der Waals surface area contributed by atoms with Gasteiger partial charge >= 0.3 is 0 Å². The van der Waals surface area contributed by atoms with Crippen LogP contribution in [0, 0.1) is 17.1 Å². The summed E-state index contributed by atoms with van der Waals surface area (Å²) in [6.45, 7) is 4.20. The molecular weight excluding hydrogens is 281 g/mol. The van der Waals surface area contributed by atoms with Gasteiger partial charge in [0, 0.05) is 37.8 Å². The average molecular weight is 296 g/mol. The zero-order chi connectivity index (χ0) is 14.1. The summed E-state index contributed by atoms with van der Waals surface area (Å²) < 4.78 is 19.4. The molecule has 1 aromatic carbocycles. The SMILES string of the molecule is N#Cc1c(F)ccc([C@@H]2CN3CCNC[C@@H]3CO2)c1Cl. The van der Waals surface area contributed by atoms with Crippen molar-refractivity contribution < 1.29 is 9.13 Å². The van der Waals surface area contributed by atoms with Gasteiger partial charge in [0.15, 0.2) is 0 Å². The van der Waals surface area contributed by atoms with Crippen molar-refractivity contribution in [3.05, 3.63) is 34.1 Å². The van der Waals surface area contributed by atoms with Crippen molar-refractivity contribution in [3.8, 4) is 6.07 Å². The van der Waals surface area contributed by atoms with Crippen LogP contribution in [0.4, 0.5) is 4.39 Å². The molecule has 0 aromatic heterocycles. The molecule has 20 heavy (non-hydrogen) atoms. The molecule has 2 atom stereocenters. The number of nitrogens with one attached hydrogen (secondary N) is 1. The lowest BCUT2D eigenvalue weighted by Gasteiger charge is -2.42. The van der Waals surface area contributed by atoms with E-state index in [0.717, 1.165) is 26.2 Å². The zero-order valence-corrected chi connectivity index (χ0v) is 11.7. The molecule has 0 spiro atoms. The lowest BCUT2D eigenvalue weighted by atomic mass is 10.0. The molecule has 0 aliphatic carbocycles. The summed E-state index contributed by atoms with van der Waals surface area (Å²) in [6, 6.07) is 5.10. The van der Waals surface area contributed by atoms with Crippen molar-refractivity contribution in [1.29, 1.82) is 5.26 Å². The fourth-order valence-corrected chi connectivity index (χ4v) is 3.13. The van der Waals surface area contributed by atoms with Gasteiger partial charge in [0.1, 0.15) is 17.4 Å². The Morgan fingerprint density at radius 2 is 2.35 bits per heavy atom. The van der Waals surface area contributed by atoms with Gasteiger partial charge in [0.05, 0.1) is 17.7 Å². The van der Waals surface area contributed by atoms with Gasteiger partial charge in [-0.25, -0.2) is 4.39 Å². The van der Waals surface area contributed by atoms with Gasteiger partial charge in [0.25, 0.3) is 0 Å². The van der Waals surface area contributed by atoms with E-state index in [4.69, 9.17) is 21.6 Å². The van der Waals surface area contributed by atoms with Crippen molar-refractivity contribution in [2.75, 3.05) is 32.8 Å². The summed E-state index contributed by atoms with van der Waals surface area (Å²) in [4.78, 5) is 2.36. The van der Waals surface area contributed by atoms with Gasteiger partial charge in [-0.3, -0.25) is 4.90 Å². The first kappa shape index (κ1) is 13.8. The third kappa shape index (κ3) is 2.40. The predicted octanol–water partition coefficient (Wildman–Crippen LogP) is 1.70. The van der Waals surface area contributed by atoms with Crippen molar-refractivity contribution in [3.63, 3.8) is 0 Å². The Labute approximate surface area is 122 Å². The number of fused-ring (bicyclic) bond motifs is 1. The van der Waals surface area contributed by atoms with Crippen molar-refractivity contribution in [2.24, 2.45) is 0 Å². The molecule has 0 saturated carbocycles. The molecule has 2 fully saturated rings. The second-order valence-corrected chi connectivity index (χ2v) is 5.49. The van der Waals surface area contributed by atoms with E-state index < -0.39 is 5.82 Å². The lowest BCUT2D eigenvalue weighted by molar-refractivity contribution is -0.0717. The summed E-state index contributed by atoms with van der Waals surface area (Å²) in [5.41, 5.74) is 0.594. The Balaban J connectivity index is 1.85. The van der Waals surface area contributed by atoms with Crippen LogP contribution in [0.25, 0.3) is 0 Å². The molecular formula is C14H15ClFN3O. The molecule has 2 heterocycles. The van der Waals surface area contributed by atoms with E-state index in [1.54, 1.807) is 6.07 Å². The van der Waals surface area contributed by atoms with Crippen LogP contribution in [0.3, 0.4) is 0 Å². The zero-order valence-electron chi connectivity index (χ0n) is 10.9. The summed E-state index contributed by atoms with van der Waals surface area (Å²) in [5.74, 6) is -0.586. The number of nitrogens with zero attached hydrogens (tertiary/aromatic N) is 2. The van der Waals surface area contributed by atoms with Gasteiger partial charge in [-0.2, -0.15) is 5.26 Å². The summed E-state index contributed by atoms with van der Waals surface area (Å²) in [6.07, 6.45) is -0.204. The molecule has 2 aliphatic heterocycles. The molecule has 3 rings (SSSR count).